The molecule has 1 aliphatic rings. The highest BCUT2D eigenvalue weighted by molar-refractivity contribution is 5.78. The van der Waals surface area contributed by atoms with Gasteiger partial charge >= 0.3 is 0 Å². The van der Waals surface area contributed by atoms with Crippen molar-refractivity contribution in [1.82, 2.24) is 4.98 Å². The zero-order chi connectivity index (χ0) is 17.5. The lowest BCUT2D eigenvalue weighted by Gasteiger charge is -2.45. The Morgan fingerprint density at radius 1 is 1.09 bits per heavy atom. The topological polar surface area (TPSA) is 19.4 Å². The molecular formula is C20H35N3. The van der Waals surface area contributed by atoms with Crippen molar-refractivity contribution in [3.05, 3.63) is 17.5 Å². The number of hydrogen-bond donors (Lipinski definition) is 0. The fourth-order valence-corrected chi connectivity index (χ4v) is 3.81. The number of pyridine rings is 1. The molecule has 0 bridgehead atoms. The van der Waals surface area contributed by atoms with E-state index in [4.69, 9.17) is 4.98 Å². The molecule has 1 aliphatic heterocycles. The average Bonchev–Trinajstić information content (AvgIpc) is 2.48. The van der Waals surface area contributed by atoms with Crippen molar-refractivity contribution in [2.45, 2.75) is 73.4 Å². The molecule has 0 fully saturated rings. The Morgan fingerprint density at radius 3 is 2.22 bits per heavy atom. The Labute approximate surface area is 143 Å². The van der Waals surface area contributed by atoms with Gasteiger partial charge in [-0.2, -0.15) is 0 Å². The molecule has 0 saturated heterocycles. The maximum absolute atomic E-state index is 4.74. The van der Waals surface area contributed by atoms with E-state index < -0.39 is 0 Å². The van der Waals surface area contributed by atoms with E-state index in [1.807, 2.05) is 0 Å². The van der Waals surface area contributed by atoms with Crippen molar-refractivity contribution >= 4 is 11.4 Å². The van der Waals surface area contributed by atoms with E-state index in [1.54, 1.807) is 0 Å². The standard InChI is InChI=1S/C20H35N3/c1-12(2)18-10-21-16(7)19-20(18)23(13(3)4)11-14(5)15(6)17(8)22(19)9/h10,12-15,17H,11H2,1-9H3/t14-,15-,17-/m0/s1. The third-order valence-corrected chi connectivity index (χ3v) is 5.88. The number of anilines is 2. The molecule has 2 heterocycles. The molecule has 0 spiro atoms. The average molecular weight is 318 g/mol. The van der Waals surface area contributed by atoms with Crippen LogP contribution in [-0.2, 0) is 0 Å². The number of nitrogens with zero attached hydrogens (tertiary/aromatic N) is 3. The van der Waals surface area contributed by atoms with Crippen LogP contribution in [0, 0.1) is 18.8 Å². The van der Waals surface area contributed by atoms with Crippen molar-refractivity contribution < 1.29 is 0 Å². The minimum atomic E-state index is 0.481. The third kappa shape index (κ3) is 3.20. The molecule has 23 heavy (non-hydrogen) atoms. The molecule has 3 nitrogen and oxygen atoms in total. The molecule has 0 saturated carbocycles. The number of aryl methyl sites for hydroxylation is 1. The first-order valence-electron chi connectivity index (χ1n) is 9.15. The van der Waals surface area contributed by atoms with Gasteiger partial charge in [0, 0.05) is 31.9 Å². The summed E-state index contributed by atoms with van der Waals surface area (Å²) in [5.41, 5.74) is 5.26. The van der Waals surface area contributed by atoms with Gasteiger partial charge in [-0.3, -0.25) is 4.98 Å². The van der Waals surface area contributed by atoms with E-state index in [1.165, 1.54) is 16.9 Å². The summed E-state index contributed by atoms with van der Waals surface area (Å²) < 4.78 is 0. The smallest absolute Gasteiger partial charge is 0.0823 e. The van der Waals surface area contributed by atoms with Crippen molar-refractivity contribution in [3.63, 3.8) is 0 Å². The maximum atomic E-state index is 4.74. The molecule has 1 aromatic heterocycles. The van der Waals surface area contributed by atoms with Gasteiger partial charge in [0.25, 0.3) is 0 Å². The van der Waals surface area contributed by atoms with Crippen molar-refractivity contribution in [2.75, 3.05) is 23.4 Å². The van der Waals surface area contributed by atoms with Gasteiger partial charge in [-0.15, -0.1) is 0 Å². The number of aromatic nitrogens is 1. The Morgan fingerprint density at radius 2 is 1.70 bits per heavy atom. The molecule has 3 heteroatoms. The second kappa shape index (κ2) is 6.70. The fraction of sp³-hybridized carbons (Fsp3) is 0.750. The highest BCUT2D eigenvalue weighted by Gasteiger charge is 2.33. The van der Waals surface area contributed by atoms with Crippen LogP contribution >= 0.6 is 0 Å². The van der Waals surface area contributed by atoms with Crippen molar-refractivity contribution in [1.29, 1.82) is 0 Å². The lowest BCUT2D eigenvalue weighted by atomic mass is 9.85. The van der Waals surface area contributed by atoms with Gasteiger partial charge in [-0.05, 0) is 51.0 Å². The van der Waals surface area contributed by atoms with E-state index in [2.05, 4.69) is 78.4 Å². The van der Waals surface area contributed by atoms with Crippen LogP contribution in [0.25, 0.3) is 0 Å². The zero-order valence-corrected chi connectivity index (χ0v) is 16.5. The molecule has 130 valence electrons. The lowest BCUT2D eigenvalue weighted by molar-refractivity contribution is 0.321. The van der Waals surface area contributed by atoms with Crippen LogP contribution in [0.15, 0.2) is 6.20 Å². The lowest BCUT2D eigenvalue weighted by Crippen LogP contribution is -2.47. The summed E-state index contributed by atoms with van der Waals surface area (Å²) in [5, 5.41) is 0. The Bertz CT molecular complexity index is 550. The van der Waals surface area contributed by atoms with Crippen LogP contribution in [0.1, 0.15) is 65.6 Å². The zero-order valence-electron chi connectivity index (χ0n) is 16.5. The summed E-state index contributed by atoms with van der Waals surface area (Å²) in [6, 6.07) is 1.01. The van der Waals surface area contributed by atoms with Gasteiger partial charge in [-0.25, -0.2) is 0 Å². The normalized spacial score (nSPS) is 25.6. The first-order valence-corrected chi connectivity index (χ1v) is 9.15. The van der Waals surface area contributed by atoms with E-state index >= 15 is 0 Å². The number of hydrogen-bond acceptors (Lipinski definition) is 3. The van der Waals surface area contributed by atoms with Gasteiger partial charge in [0.15, 0.2) is 0 Å². The summed E-state index contributed by atoms with van der Waals surface area (Å²) in [5.74, 6) is 1.79. The Hall–Kier alpha value is -1.25. The third-order valence-electron chi connectivity index (χ3n) is 5.88. The predicted octanol–water partition coefficient (Wildman–Crippen LogP) is 4.84. The Kier molecular flexibility index (Phi) is 5.27. The van der Waals surface area contributed by atoms with E-state index in [0.717, 1.165) is 12.2 Å². The quantitative estimate of drug-likeness (QED) is 0.778. The maximum Gasteiger partial charge on any atom is 0.0823 e. The minimum Gasteiger partial charge on any atom is -0.368 e. The van der Waals surface area contributed by atoms with Gasteiger partial charge in [0.1, 0.15) is 0 Å². The van der Waals surface area contributed by atoms with E-state index in [-0.39, 0.29) is 0 Å². The van der Waals surface area contributed by atoms with Gasteiger partial charge < -0.3 is 9.80 Å². The van der Waals surface area contributed by atoms with Crippen LogP contribution in [-0.4, -0.2) is 30.7 Å². The second-order valence-corrected chi connectivity index (χ2v) is 8.08. The highest BCUT2D eigenvalue weighted by atomic mass is 15.2. The summed E-state index contributed by atoms with van der Waals surface area (Å²) in [7, 11) is 2.25. The summed E-state index contributed by atoms with van der Waals surface area (Å²) in [4.78, 5) is 9.83. The molecular weight excluding hydrogens is 282 g/mol. The van der Waals surface area contributed by atoms with Crippen molar-refractivity contribution in [2.24, 2.45) is 11.8 Å². The first kappa shape index (κ1) is 18.1. The highest BCUT2D eigenvalue weighted by Crippen LogP contribution is 2.43. The fourth-order valence-electron chi connectivity index (χ4n) is 3.81. The van der Waals surface area contributed by atoms with Crippen LogP contribution in [0.5, 0.6) is 0 Å². The van der Waals surface area contributed by atoms with Crippen LogP contribution < -0.4 is 9.80 Å². The monoisotopic (exact) mass is 317 g/mol. The molecule has 0 aromatic carbocycles. The van der Waals surface area contributed by atoms with Crippen LogP contribution in [0.2, 0.25) is 0 Å². The SMILES string of the molecule is Cc1ncc(C(C)C)c2c1N(C)[C@@H](C)[C@@H](C)[C@@H](C)CN2C(C)C. The van der Waals surface area contributed by atoms with Crippen molar-refractivity contribution in [3.8, 4) is 0 Å². The molecule has 0 amide bonds. The summed E-state index contributed by atoms with van der Waals surface area (Å²) in [6.45, 7) is 19.6. The van der Waals surface area contributed by atoms with Gasteiger partial charge in [-0.1, -0.05) is 27.7 Å². The molecule has 1 aromatic rings. The van der Waals surface area contributed by atoms with Crippen LogP contribution in [0.4, 0.5) is 11.4 Å². The molecule has 0 unspecified atom stereocenters. The number of rotatable bonds is 2. The molecule has 0 radical (unpaired) electrons. The van der Waals surface area contributed by atoms with Crippen LogP contribution in [0.3, 0.4) is 0 Å². The number of fused-ring (bicyclic) bond motifs is 1. The predicted molar refractivity (Wildman–Crippen MR) is 102 cm³/mol. The molecule has 2 rings (SSSR count). The summed E-state index contributed by atoms with van der Waals surface area (Å²) >= 11 is 0. The molecule has 3 atom stereocenters. The largest absolute Gasteiger partial charge is 0.368 e. The Balaban J connectivity index is 2.76. The minimum absolute atomic E-state index is 0.481. The first-order chi connectivity index (χ1) is 10.7. The van der Waals surface area contributed by atoms with Gasteiger partial charge in [0.05, 0.1) is 17.1 Å². The molecule has 0 aliphatic carbocycles. The second-order valence-electron chi connectivity index (χ2n) is 8.08. The molecule has 0 N–H and O–H groups in total. The van der Waals surface area contributed by atoms with E-state index in [0.29, 0.717) is 29.8 Å². The summed E-state index contributed by atoms with van der Waals surface area (Å²) in [6.07, 6.45) is 2.10. The van der Waals surface area contributed by atoms with Gasteiger partial charge in [0.2, 0.25) is 0 Å². The van der Waals surface area contributed by atoms with E-state index in [9.17, 15) is 0 Å².